The van der Waals surface area contributed by atoms with Crippen LogP contribution in [0.25, 0.3) is 0 Å². The molecule has 13 heteroatoms. The highest BCUT2D eigenvalue weighted by molar-refractivity contribution is 5.73. The summed E-state index contributed by atoms with van der Waals surface area (Å²) >= 11 is 0. The van der Waals surface area contributed by atoms with Gasteiger partial charge in [-0.1, -0.05) is 12.1 Å². The molecule has 0 fully saturated rings. The molecule has 0 heterocycles. The third kappa shape index (κ3) is 13.0. The van der Waals surface area contributed by atoms with Crippen molar-refractivity contribution in [2.45, 2.75) is 19.4 Å². The maximum atomic E-state index is 11.5. The maximum absolute atomic E-state index is 11.5. The van der Waals surface area contributed by atoms with E-state index in [9.17, 15) is 34.5 Å². The molecule has 1 aromatic carbocycles. The highest BCUT2D eigenvalue weighted by atomic mass is 16.5. The first-order chi connectivity index (χ1) is 17.0. The van der Waals surface area contributed by atoms with E-state index < -0.39 is 56.1 Å². The standard InChI is InChI=1S/C23H35N3O10/c1-2-36-19-5-3-17(4-6-19)11-18(26(15-22(32)33)16-23(34)35)12-24(9-10-27)7-8-25(13-20(28)29)14-21(30)31/h3-6,18,27H,2,7-16H2,1H3,(H,28,29)(H,30,31)(H,32,33)(H,34,35)/t18-/m0/s1. The molecule has 0 saturated heterocycles. The number of aliphatic carboxylic acids is 4. The van der Waals surface area contributed by atoms with Crippen molar-refractivity contribution in [1.29, 1.82) is 0 Å². The van der Waals surface area contributed by atoms with Gasteiger partial charge in [0.2, 0.25) is 0 Å². The summed E-state index contributed by atoms with van der Waals surface area (Å²) in [5, 5.41) is 46.4. The Morgan fingerprint density at radius 2 is 1.28 bits per heavy atom. The van der Waals surface area contributed by atoms with Gasteiger partial charge < -0.3 is 30.3 Å². The third-order valence-corrected chi connectivity index (χ3v) is 5.23. The van der Waals surface area contributed by atoms with Gasteiger partial charge >= 0.3 is 23.9 Å². The molecular weight excluding hydrogens is 478 g/mol. The highest BCUT2D eigenvalue weighted by Gasteiger charge is 2.26. The minimum Gasteiger partial charge on any atom is -0.494 e. The van der Waals surface area contributed by atoms with E-state index in [0.29, 0.717) is 18.8 Å². The van der Waals surface area contributed by atoms with E-state index in [1.54, 1.807) is 29.2 Å². The van der Waals surface area contributed by atoms with Gasteiger partial charge in [0.25, 0.3) is 0 Å². The summed E-state index contributed by atoms with van der Waals surface area (Å²) in [5.41, 5.74) is 0.812. The van der Waals surface area contributed by atoms with E-state index in [-0.39, 0.29) is 32.8 Å². The van der Waals surface area contributed by atoms with Gasteiger partial charge in [0.05, 0.1) is 39.4 Å². The first-order valence-electron chi connectivity index (χ1n) is 11.4. The van der Waals surface area contributed by atoms with Gasteiger partial charge in [0.15, 0.2) is 0 Å². The minimum absolute atomic E-state index is 0.0617. The molecule has 1 rings (SSSR count). The van der Waals surface area contributed by atoms with E-state index in [4.69, 9.17) is 14.9 Å². The second-order valence-electron chi connectivity index (χ2n) is 8.15. The molecule has 0 aromatic heterocycles. The number of carboxylic acids is 4. The number of rotatable bonds is 20. The zero-order valence-electron chi connectivity index (χ0n) is 20.3. The second-order valence-corrected chi connectivity index (χ2v) is 8.15. The number of aliphatic hydroxyl groups excluding tert-OH is 1. The van der Waals surface area contributed by atoms with Crippen molar-refractivity contribution in [3.8, 4) is 5.75 Å². The van der Waals surface area contributed by atoms with Crippen LogP contribution in [-0.4, -0.2) is 136 Å². The summed E-state index contributed by atoms with van der Waals surface area (Å²) in [6.07, 6.45) is 0.295. The molecule has 5 N–H and O–H groups in total. The van der Waals surface area contributed by atoms with E-state index in [1.165, 1.54) is 9.80 Å². The zero-order chi connectivity index (χ0) is 27.1. The summed E-state index contributed by atoms with van der Waals surface area (Å²) < 4.78 is 5.43. The van der Waals surface area contributed by atoms with Crippen molar-refractivity contribution < 1.29 is 49.4 Å². The second kappa shape index (κ2) is 16.4. The molecule has 13 nitrogen and oxygen atoms in total. The van der Waals surface area contributed by atoms with Gasteiger partial charge in [-0.3, -0.25) is 33.9 Å². The van der Waals surface area contributed by atoms with Gasteiger partial charge in [0.1, 0.15) is 5.75 Å². The van der Waals surface area contributed by atoms with Crippen LogP contribution in [-0.2, 0) is 25.6 Å². The van der Waals surface area contributed by atoms with E-state index in [1.807, 2.05) is 6.92 Å². The first kappa shape index (κ1) is 30.8. The van der Waals surface area contributed by atoms with Crippen molar-refractivity contribution >= 4 is 23.9 Å². The first-order valence-corrected chi connectivity index (χ1v) is 11.4. The third-order valence-electron chi connectivity index (χ3n) is 5.23. The Kier molecular flexibility index (Phi) is 14.0. The fourth-order valence-electron chi connectivity index (χ4n) is 3.74. The monoisotopic (exact) mass is 513 g/mol. The molecule has 1 aromatic rings. The largest absolute Gasteiger partial charge is 0.494 e. The number of hydrogen-bond donors (Lipinski definition) is 5. The Balaban J connectivity index is 3.13. The lowest BCUT2D eigenvalue weighted by molar-refractivity contribution is -0.144. The lowest BCUT2D eigenvalue weighted by atomic mass is 10.0. The predicted octanol–water partition coefficient (Wildman–Crippen LogP) is -0.767. The molecule has 202 valence electrons. The summed E-state index contributed by atoms with van der Waals surface area (Å²) in [4.78, 5) is 49.4. The average Bonchev–Trinajstić information content (AvgIpc) is 2.76. The van der Waals surface area contributed by atoms with Crippen LogP contribution in [0.4, 0.5) is 0 Å². The van der Waals surface area contributed by atoms with Crippen molar-refractivity contribution in [3.05, 3.63) is 29.8 Å². The molecule has 0 unspecified atom stereocenters. The van der Waals surface area contributed by atoms with E-state index in [2.05, 4.69) is 0 Å². The number of hydrogen-bond acceptors (Lipinski definition) is 9. The summed E-state index contributed by atoms with van der Waals surface area (Å²) in [7, 11) is 0. The van der Waals surface area contributed by atoms with Crippen LogP contribution in [0.2, 0.25) is 0 Å². The van der Waals surface area contributed by atoms with Crippen LogP contribution >= 0.6 is 0 Å². The van der Waals surface area contributed by atoms with Crippen LogP contribution < -0.4 is 4.74 Å². The maximum Gasteiger partial charge on any atom is 0.317 e. The molecule has 0 aliphatic carbocycles. The van der Waals surface area contributed by atoms with Crippen molar-refractivity contribution in [2.75, 3.05) is 65.6 Å². The highest BCUT2D eigenvalue weighted by Crippen LogP contribution is 2.16. The molecule has 0 radical (unpaired) electrons. The average molecular weight is 514 g/mol. The van der Waals surface area contributed by atoms with Crippen molar-refractivity contribution in [3.63, 3.8) is 0 Å². The Hall–Kier alpha value is -3.26. The summed E-state index contributed by atoms with van der Waals surface area (Å²) in [5.74, 6) is -4.11. The van der Waals surface area contributed by atoms with Crippen LogP contribution in [0.5, 0.6) is 5.75 Å². The Morgan fingerprint density at radius 3 is 1.72 bits per heavy atom. The zero-order valence-corrected chi connectivity index (χ0v) is 20.3. The quantitative estimate of drug-likeness (QED) is 0.146. The molecule has 0 amide bonds. The van der Waals surface area contributed by atoms with Gasteiger partial charge in [-0.25, -0.2) is 0 Å². The normalized spacial score (nSPS) is 12.1. The Labute approximate surface area is 209 Å². The molecule has 0 aliphatic heterocycles. The molecule has 1 atom stereocenters. The molecule has 0 spiro atoms. The molecule has 36 heavy (non-hydrogen) atoms. The lowest BCUT2D eigenvalue weighted by Gasteiger charge is -2.34. The fourth-order valence-corrected chi connectivity index (χ4v) is 3.74. The smallest absolute Gasteiger partial charge is 0.317 e. The number of benzene rings is 1. The molecular formula is C23H35N3O10. The summed E-state index contributed by atoms with van der Waals surface area (Å²) in [6.45, 7) is 0.595. The Bertz CT molecular complexity index is 817. The minimum atomic E-state index is -1.20. The number of carbonyl (C=O) groups is 4. The number of ether oxygens (including phenoxy) is 1. The van der Waals surface area contributed by atoms with Crippen molar-refractivity contribution in [1.82, 2.24) is 14.7 Å². The number of carboxylic acid groups (broad SMARTS) is 4. The SMILES string of the molecule is CCOc1ccc(C[C@@H](CN(CCO)CCN(CC(=O)O)CC(=O)O)N(CC(=O)O)CC(=O)O)cc1. The van der Waals surface area contributed by atoms with E-state index in [0.717, 1.165) is 5.56 Å². The van der Waals surface area contributed by atoms with Gasteiger partial charge in [-0.15, -0.1) is 0 Å². The van der Waals surface area contributed by atoms with Crippen LogP contribution in [0, 0.1) is 0 Å². The van der Waals surface area contributed by atoms with Crippen molar-refractivity contribution in [2.24, 2.45) is 0 Å². The predicted molar refractivity (Wildman–Crippen MR) is 127 cm³/mol. The number of aliphatic hydroxyl groups is 1. The van der Waals surface area contributed by atoms with Gasteiger partial charge in [-0.05, 0) is 31.0 Å². The Morgan fingerprint density at radius 1 is 0.778 bits per heavy atom. The molecule has 0 aliphatic rings. The number of nitrogens with zero attached hydrogens (tertiary/aromatic N) is 3. The molecule has 0 bridgehead atoms. The van der Waals surface area contributed by atoms with Gasteiger partial charge in [-0.2, -0.15) is 0 Å². The van der Waals surface area contributed by atoms with Crippen LogP contribution in [0.1, 0.15) is 12.5 Å². The van der Waals surface area contributed by atoms with Gasteiger partial charge in [0, 0.05) is 32.2 Å². The van der Waals surface area contributed by atoms with Crippen LogP contribution in [0.15, 0.2) is 24.3 Å². The summed E-state index contributed by atoms with van der Waals surface area (Å²) in [6, 6.07) is 6.53. The topological polar surface area (TPSA) is 188 Å². The fraction of sp³-hybridized carbons (Fsp3) is 0.565. The lowest BCUT2D eigenvalue weighted by Crippen LogP contribution is -2.51. The van der Waals surface area contributed by atoms with E-state index >= 15 is 0 Å². The molecule has 0 saturated carbocycles. The van der Waals surface area contributed by atoms with Crippen LogP contribution in [0.3, 0.4) is 0 Å².